The number of fused-ring (bicyclic) bond motifs is 1. The third-order valence-electron chi connectivity index (χ3n) is 2.78. The van der Waals surface area contributed by atoms with Gasteiger partial charge in [0.15, 0.2) is 0 Å². The molecule has 74 valence electrons. The highest BCUT2D eigenvalue weighted by molar-refractivity contribution is 9.10. The van der Waals surface area contributed by atoms with Crippen LogP contribution in [0.2, 0.25) is 0 Å². The highest BCUT2D eigenvalue weighted by Crippen LogP contribution is 2.37. The van der Waals surface area contributed by atoms with Crippen LogP contribution in [0.5, 0.6) is 0 Å². The van der Waals surface area contributed by atoms with E-state index in [0.29, 0.717) is 5.41 Å². The molecule has 14 heavy (non-hydrogen) atoms. The van der Waals surface area contributed by atoms with Gasteiger partial charge in [-0.2, -0.15) is 0 Å². The Labute approximate surface area is 94.2 Å². The molecule has 1 heteroatoms. The molecule has 0 bridgehead atoms. The van der Waals surface area contributed by atoms with Gasteiger partial charge in [0.1, 0.15) is 0 Å². The smallest absolute Gasteiger partial charge is 0.0178 e. The maximum Gasteiger partial charge on any atom is 0.0178 e. The van der Waals surface area contributed by atoms with Crippen LogP contribution in [0.4, 0.5) is 0 Å². The van der Waals surface area contributed by atoms with Gasteiger partial charge >= 0.3 is 0 Å². The molecule has 0 heterocycles. The Morgan fingerprint density at radius 3 is 2.57 bits per heavy atom. The second-order valence-electron chi connectivity index (χ2n) is 4.94. The van der Waals surface area contributed by atoms with Crippen molar-refractivity contribution >= 4 is 22.0 Å². The second kappa shape index (κ2) is 3.23. The van der Waals surface area contributed by atoms with Crippen LogP contribution in [-0.4, -0.2) is 0 Å². The first-order chi connectivity index (χ1) is 6.47. The Kier molecular flexibility index (Phi) is 2.30. The third kappa shape index (κ3) is 1.78. The minimum atomic E-state index is 0.297. The van der Waals surface area contributed by atoms with Gasteiger partial charge in [-0.1, -0.05) is 54.4 Å². The Hall–Kier alpha value is -0.560. The van der Waals surface area contributed by atoms with Crippen molar-refractivity contribution in [1.82, 2.24) is 0 Å². The molecule has 0 spiro atoms. The van der Waals surface area contributed by atoms with Crippen LogP contribution in [0, 0.1) is 5.41 Å². The van der Waals surface area contributed by atoms with Crippen molar-refractivity contribution in [3.8, 4) is 0 Å². The number of allylic oxidation sites excluding steroid dienone is 1. The van der Waals surface area contributed by atoms with Crippen LogP contribution in [0.1, 0.15) is 31.9 Å². The maximum atomic E-state index is 3.51. The number of rotatable bonds is 0. The van der Waals surface area contributed by atoms with Crippen LogP contribution >= 0.6 is 15.9 Å². The second-order valence-corrected chi connectivity index (χ2v) is 5.86. The zero-order valence-corrected chi connectivity index (χ0v) is 10.5. The molecule has 0 nitrogen and oxygen atoms in total. The minimum Gasteiger partial charge on any atom is -0.0598 e. The molecule has 0 saturated heterocycles. The molecule has 1 aromatic carbocycles. The zero-order chi connectivity index (χ0) is 10.3. The molecule has 0 unspecified atom stereocenters. The van der Waals surface area contributed by atoms with E-state index in [2.05, 4.69) is 61.0 Å². The molecule has 0 N–H and O–H groups in total. The quantitative estimate of drug-likeness (QED) is 0.639. The molecule has 1 aliphatic rings. The van der Waals surface area contributed by atoms with Gasteiger partial charge in [-0.15, -0.1) is 0 Å². The summed E-state index contributed by atoms with van der Waals surface area (Å²) in [5.41, 5.74) is 4.67. The SMILES string of the molecule is CC(C)(C)C1=Cc2ccc(Br)cc2C1. The van der Waals surface area contributed by atoms with E-state index in [4.69, 9.17) is 0 Å². The number of halogens is 1. The highest BCUT2D eigenvalue weighted by atomic mass is 79.9. The van der Waals surface area contributed by atoms with Crippen molar-refractivity contribution in [3.63, 3.8) is 0 Å². The maximum absolute atomic E-state index is 3.51. The van der Waals surface area contributed by atoms with Gasteiger partial charge in [0.05, 0.1) is 0 Å². The fourth-order valence-corrected chi connectivity index (χ4v) is 2.20. The van der Waals surface area contributed by atoms with Gasteiger partial charge < -0.3 is 0 Å². The summed E-state index contributed by atoms with van der Waals surface area (Å²) in [6.45, 7) is 6.83. The van der Waals surface area contributed by atoms with E-state index in [9.17, 15) is 0 Å². The molecular formula is C13H15Br. The molecule has 0 fully saturated rings. The molecule has 0 saturated carbocycles. The van der Waals surface area contributed by atoms with Crippen molar-refractivity contribution in [3.05, 3.63) is 39.4 Å². The molecule has 1 aromatic rings. The summed E-state index contributed by atoms with van der Waals surface area (Å²) in [6.07, 6.45) is 3.44. The minimum absolute atomic E-state index is 0.297. The van der Waals surface area contributed by atoms with E-state index < -0.39 is 0 Å². The Morgan fingerprint density at radius 1 is 1.21 bits per heavy atom. The topological polar surface area (TPSA) is 0 Å². The van der Waals surface area contributed by atoms with Crippen LogP contribution in [0.25, 0.3) is 6.08 Å². The fourth-order valence-electron chi connectivity index (χ4n) is 1.79. The summed E-state index contributed by atoms with van der Waals surface area (Å²) in [6, 6.07) is 6.53. The lowest BCUT2D eigenvalue weighted by molar-refractivity contribution is 0.498. The summed E-state index contributed by atoms with van der Waals surface area (Å²) in [7, 11) is 0. The van der Waals surface area contributed by atoms with E-state index in [1.165, 1.54) is 21.2 Å². The number of hydrogen-bond donors (Lipinski definition) is 0. The van der Waals surface area contributed by atoms with Crippen molar-refractivity contribution in [2.45, 2.75) is 27.2 Å². The molecule has 0 aromatic heterocycles. The van der Waals surface area contributed by atoms with Gasteiger partial charge in [0.2, 0.25) is 0 Å². The molecule has 0 amide bonds. The van der Waals surface area contributed by atoms with Crippen molar-refractivity contribution in [1.29, 1.82) is 0 Å². The zero-order valence-electron chi connectivity index (χ0n) is 8.89. The molecule has 0 atom stereocenters. The van der Waals surface area contributed by atoms with Gasteiger partial charge in [-0.3, -0.25) is 0 Å². The summed E-state index contributed by atoms with van der Waals surface area (Å²) < 4.78 is 1.18. The van der Waals surface area contributed by atoms with E-state index in [1.54, 1.807) is 0 Å². The Balaban J connectivity index is 2.37. The van der Waals surface area contributed by atoms with Gasteiger partial charge in [0, 0.05) is 4.47 Å². The highest BCUT2D eigenvalue weighted by Gasteiger charge is 2.22. The summed E-state index contributed by atoms with van der Waals surface area (Å²) in [5.74, 6) is 0. The molecule has 1 aliphatic carbocycles. The van der Waals surface area contributed by atoms with Crippen LogP contribution < -0.4 is 0 Å². The van der Waals surface area contributed by atoms with E-state index in [0.717, 1.165) is 6.42 Å². The standard InChI is InChI=1S/C13H15Br/c1-13(2,3)11-6-9-4-5-12(14)8-10(9)7-11/h4-6,8H,7H2,1-3H3. The Morgan fingerprint density at radius 2 is 1.93 bits per heavy atom. The van der Waals surface area contributed by atoms with Gasteiger partial charge in [-0.25, -0.2) is 0 Å². The fraction of sp³-hybridized carbons (Fsp3) is 0.385. The van der Waals surface area contributed by atoms with E-state index in [-0.39, 0.29) is 0 Å². The normalized spacial score (nSPS) is 15.3. The van der Waals surface area contributed by atoms with E-state index >= 15 is 0 Å². The number of benzene rings is 1. The molecule has 2 rings (SSSR count). The van der Waals surface area contributed by atoms with Gasteiger partial charge in [-0.05, 0) is 35.1 Å². The Bertz CT molecular complexity index is 394. The van der Waals surface area contributed by atoms with Crippen LogP contribution in [-0.2, 0) is 6.42 Å². The van der Waals surface area contributed by atoms with Gasteiger partial charge in [0.25, 0.3) is 0 Å². The monoisotopic (exact) mass is 250 g/mol. The summed E-state index contributed by atoms with van der Waals surface area (Å²) in [5, 5.41) is 0. The molecule has 0 aliphatic heterocycles. The average molecular weight is 251 g/mol. The van der Waals surface area contributed by atoms with E-state index in [1.807, 2.05) is 0 Å². The number of hydrogen-bond acceptors (Lipinski definition) is 0. The third-order valence-corrected chi connectivity index (χ3v) is 3.27. The van der Waals surface area contributed by atoms with Crippen LogP contribution in [0.3, 0.4) is 0 Å². The summed E-state index contributed by atoms with van der Waals surface area (Å²) >= 11 is 3.51. The lowest BCUT2D eigenvalue weighted by atomic mass is 9.85. The lowest BCUT2D eigenvalue weighted by Crippen LogP contribution is -2.08. The van der Waals surface area contributed by atoms with Crippen molar-refractivity contribution in [2.24, 2.45) is 5.41 Å². The van der Waals surface area contributed by atoms with Crippen LogP contribution in [0.15, 0.2) is 28.2 Å². The van der Waals surface area contributed by atoms with Crippen molar-refractivity contribution < 1.29 is 0 Å². The summed E-state index contributed by atoms with van der Waals surface area (Å²) in [4.78, 5) is 0. The first-order valence-electron chi connectivity index (χ1n) is 4.96. The largest absolute Gasteiger partial charge is 0.0598 e. The molecule has 0 radical (unpaired) electrons. The lowest BCUT2D eigenvalue weighted by Gasteiger charge is -2.19. The first kappa shape index (κ1) is 9.97. The predicted octanol–water partition coefficient (Wildman–Crippen LogP) is 4.43. The first-order valence-corrected chi connectivity index (χ1v) is 5.75. The molecular weight excluding hydrogens is 236 g/mol. The predicted molar refractivity (Wildman–Crippen MR) is 65.3 cm³/mol. The average Bonchev–Trinajstić information content (AvgIpc) is 2.45. The van der Waals surface area contributed by atoms with Crippen molar-refractivity contribution in [2.75, 3.05) is 0 Å².